The van der Waals surface area contributed by atoms with Gasteiger partial charge in [-0.05, 0) is 24.8 Å². The largest absolute Gasteiger partial charge is 0.495 e. The fourth-order valence-electron chi connectivity index (χ4n) is 2.41. The van der Waals surface area contributed by atoms with Gasteiger partial charge in [-0.3, -0.25) is 9.78 Å². The van der Waals surface area contributed by atoms with Gasteiger partial charge in [0, 0.05) is 17.7 Å². The van der Waals surface area contributed by atoms with Crippen LogP contribution in [0.5, 0.6) is 5.75 Å². The number of carbonyl (C=O) groups is 1. The number of nitrogens with zero attached hydrogens (tertiary/aromatic N) is 1. The number of ether oxygens (including phenoxy) is 1. The van der Waals surface area contributed by atoms with Crippen molar-refractivity contribution >= 4 is 5.78 Å². The van der Waals surface area contributed by atoms with Crippen LogP contribution in [0, 0.1) is 11.8 Å². The second kappa shape index (κ2) is 4.64. The van der Waals surface area contributed by atoms with Crippen molar-refractivity contribution in [3.63, 3.8) is 0 Å². The van der Waals surface area contributed by atoms with Gasteiger partial charge in [0.1, 0.15) is 5.75 Å². The van der Waals surface area contributed by atoms with E-state index in [2.05, 4.69) is 11.9 Å². The van der Waals surface area contributed by atoms with E-state index in [-0.39, 0.29) is 11.7 Å². The molecule has 16 heavy (non-hydrogen) atoms. The Morgan fingerprint density at radius 2 is 2.25 bits per heavy atom. The molecule has 3 nitrogen and oxygen atoms in total. The average Bonchev–Trinajstić information content (AvgIpc) is 2.74. The third kappa shape index (κ3) is 2.08. The van der Waals surface area contributed by atoms with Crippen LogP contribution in [0.4, 0.5) is 0 Å². The molecule has 86 valence electrons. The summed E-state index contributed by atoms with van der Waals surface area (Å²) in [6, 6.07) is 1.78. The highest BCUT2D eigenvalue weighted by molar-refractivity contribution is 5.98. The van der Waals surface area contributed by atoms with Gasteiger partial charge in [-0.25, -0.2) is 0 Å². The minimum absolute atomic E-state index is 0.175. The zero-order valence-corrected chi connectivity index (χ0v) is 9.77. The third-order valence-electron chi connectivity index (χ3n) is 3.43. The number of Topliss-reactive ketones (excluding diaryl/α,β-unsaturated/α-hetero) is 1. The van der Waals surface area contributed by atoms with Gasteiger partial charge in [0.25, 0.3) is 0 Å². The van der Waals surface area contributed by atoms with Crippen LogP contribution >= 0.6 is 0 Å². The van der Waals surface area contributed by atoms with Crippen LogP contribution < -0.4 is 4.74 Å². The fourth-order valence-corrected chi connectivity index (χ4v) is 2.41. The molecule has 1 aliphatic rings. The Hall–Kier alpha value is -1.38. The van der Waals surface area contributed by atoms with E-state index in [1.54, 1.807) is 25.6 Å². The van der Waals surface area contributed by atoms with Crippen LogP contribution in [0.1, 0.15) is 36.5 Å². The van der Waals surface area contributed by atoms with Gasteiger partial charge in [0.05, 0.1) is 13.3 Å². The summed E-state index contributed by atoms with van der Waals surface area (Å²) < 4.78 is 5.08. The van der Waals surface area contributed by atoms with E-state index >= 15 is 0 Å². The van der Waals surface area contributed by atoms with Crippen LogP contribution in [0.3, 0.4) is 0 Å². The molecule has 1 aliphatic carbocycles. The predicted octanol–water partition coefficient (Wildman–Crippen LogP) is 2.71. The van der Waals surface area contributed by atoms with Crippen molar-refractivity contribution in [2.24, 2.45) is 11.8 Å². The summed E-state index contributed by atoms with van der Waals surface area (Å²) in [5.41, 5.74) is 0.679. The van der Waals surface area contributed by atoms with Crippen LogP contribution in [0.2, 0.25) is 0 Å². The quantitative estimate of drug-likeness (QED) is 0.734. The van der Waals surface area contributed by atoms with Gasteiger partial charge in [0.2, 0.25) is 0 Å². The van der Waals surface area contributed by atoms with Crippen molar-refractivity contribution < 1.29 is 9.53 Å². The molecule has 0 saturated heterocycles. The van der Waals surface area contributed by atoms with E-state index in [1.807, 2.05) is 0 Å². The molecule has 0 spiro atoms. The SMILES string of the molecule is COc1cncc(C(=O)C2CCCC2C)c1. The molecular formula is C13H17NO2. The first kappa shape index (κ1) is 11.1. The van der Waals surface area contributed by atoms with Crippen LogP contribution in [0.15, 0.2) is 18.5 Å². The second-order valence-corrected chi connectivity index (χ2v) is 4.49. The van der Waals surface area contributed by atoms with Crippen molar-refractivity contribution in [1.29, 1.82) is 0 Å². The topological polar surface area (TPSA) is 39.2 Å². The summed E-state index contributed by atoms with van der Waals surface area (Å²) in [6.07, 6.45) is 6.59. The highest BCUT2D eigenvalue weighted by Crippen LogP contribution is 2.33. The van der Waals surface area contributed by atoms with E-state index in [1.165, 1.54) is 0 Å². The number of aromatic nitrogens is 1. The minimum atomic E-state index is 0.175. The molecule has 2 unspecified atom stereocenters. The molecule has 0 bridgehead atoms. The van der Waals surface area contributed by atoms with Gasteiger partial charge in [0.15, 0.2) is 5.78 Å². The smallest absolute Gasteiger partial charge is 0.167 e. The van der Waals surface area contributed by atoms with E-state index in [0.29, 0.717) is 17.2 Å². The lowest BCUT2D eigenvalue weighted by Gasteiger charge is -2.13. The van der Waals surface area contributed by atoms with Crippen LogP contribution in [0.25, 0.3) is 0 Å². The number of pyridine rings is 1. The van der Waals surface area contributed by atoms with Crippen molar-refractivity contribution in [3.05, 3.63) is 24.0 Å². The molecule has 0 aliphatic heterocycles. The standard InChI is InChI=1S/C13H17NO2/c1-9-4-3-5-12(9)13(15)10-6-11(16-2)8-14-7-10/h6-9,12H,3-5H2,1-2H3. The lowest BCUT2D eigenvalue weighted by molar-refractivity contribution is 0.0896. The van der Waals surface area contributed by atoms with Crippen molar-refractivity contribution in [2.75, 3.05) is 7.11 Å². The summed E-state index contributed by atoms with van der Waals surface area (Å²) in [7, 11) is 1.59. The number of rotatable bonds is 3. The Kier molecular flexibility index (Phi) is 3.22. The highest BCUT2D eigenvalue weighted by atomic mass is 16.5. The Morgan fingerprint density at radius 1 is 1.44 bits per heavy atom. The van der Waals surface area contributed by atoms with Crippen LogP contribution in [-0.4, -0.2) is 17.9 Å². The normalized spacial score (nSPS) is 24.4. The van der Waals surface area contributed by atoms with E-state index in [4.69, 9.17) is 4.74 Å². The maximum Gasteiger partial charge on any atom is 0.167 e. The molecule has 1 heterocycles. The Bertz CT molecular complexity index is 389. The lowest BCUT2D eigenvalue weighted by Crippen LogP contribution is -2.17. The fraction of sp³-hybridized carbons (Fsp3) is 0.538. The van der Waals surface area contributed by atoms with Gasteiger partial charge in [-0.1, -0.05) is 13.3 Å². The Morgan fingerprint density at radius 3 is 2.88 bits per heavy atom. The molecule has 0 aromatic carbocycles. The molecule has 1 aromatic heterocycles. The molecule has 1 saturated carbocycles. The number of ketones is 1. The molecule has 0 radical (unpaired) electrons. The van der Waals surface area contributed by atoms with Gasteiger partial charge in [-0.15, -0.1) is 0 Å². The van der Waals surface area contributed by atoms with E-state index in [0.717, 1.165) is 19.3 Å². The first-order chi connectivity index (χ1) is 7.72. The molecule has 0 N–H and O–H groups in total. The van der Waals surface area contributed by atoms with Crippen molar-refractivity contribution in [2.45, 2.75) is 26.2 Å². The number of carbonyl (C=O) groups excluding carboxylic acids is 1. The minimum Gasteiger partial charge on any atom is -0.495 e. The molecule has 0 amide bonds. The molecular weight excluding hydrogens is 202 g/mol. The lowest BCUT2D eigenvalue weighted by atomic mass is 9.90. The highest BCUT2D eigenvalue weighted by Gasteiger charge is 2.30. The summed E-state index contributed by atoms with van der Waals surface area (Å²) in [5.74, 6) is 1.54. The second-order valence-electron chi connectivity index (χ2n) is 4.49. The Labute approximate surface area is 95.8 Å². The summed E-state index contributed by atoms with van der Waals surface area (Å²) in [5, 5.41) is 0. The average molecular weight is 219 g/mol. The van der Waals surface area contributed by atoms with Crippen LogP contribution in [-0.2, 0) is 0 Å². The molecule has 2 atom stereocenters. The maximum absolute atomic E-state index is 12.2. The molecule has 1 fully saturated rings. The summed E-state index contributed by atoms with van der Waals surface area (Å²) >= 11 is 0. The molecule has 3 heteroatoms. The third-order valence-corrected chi connectivity index (χ3v) is 3.43. The first-order valence-electron chi connectivity index (χ1n) is 5.75. The summed E-state index contributed by atoms with van der Waals surface area (Å²) in [6.45, 7) is 2.16. The van der Waals surface area contributed by atoms with Crippen molar-refractivity contribution in [1.82, 2.24) is 4.98 Å². The zero-order chi connectivity index (χ0) is 11.5. The monoisotopic (exact) mass is 219 g/mol. The molecule has 1 aromatic rings. The van der Waals surface area contributed by atoms with E-state index < -0.39 is 0 Å². The number of hydrogen-bond acceptors (Lipinski definition) is 3. The maximum atomic E-state index is 12.2. The number of methoxy groups -OCH3 is 1. The van der Waals surface area contributed by atoms with E-state index in [9.17, 15) is 4.79 Å². The van der Waals surface area contributed by atoms with Gasteiger partial charge in [-0.2, -0.15) is 0 Å². The van der Waals surface area contributed by atoms with Gasteiger partial charge >= 0.3 is 0 Å². The number of hydrogen-bond donors (Lipinski definition) is 0. The van der Waals surface area contributed by atoms with Crippen molar-refractivity contribution in [3.8, 4) is 5.75 Å². The first-order valence-corrected chi connectivity index (χ1v) is 5.75. The Balaban J connectivity index is 2.19. The molecule has 2 rings (SSSR count). The summed E-state index contributed by atoms with van der Waals surface area (Å²) in [4.78, 5) is 16.3. The van der Waals surface area contributed by atoms with Gasteiger partial charge < -0.3 is 4.74 Å². The predicted molar refractivity (Wildman–Crippen MR) is 61.6 cm³/mol. The zero-order valence-electron chi connectivity index (χ0n) is 9.77.